The molecular weight excluding hydrogens is 865 g/mol. The Kier molecular flexibility index (Phi) is 56.7. The molecule has 0 aromatic rings. The van der Waals surface area contributed by atoms with E-state index in [-0.39, 0.29) is 31.1 Å². The van der Waals surface area contributed by atoms with Gasteiger partial charge in [0.25, 0.3) is 0 Å². The minimum absolute atomic E-state index is 0.0795. The fourth-order valence-corrected chi connectivity index (χ4v) is 8.86. The first kappa shape index (κ1) is 67.4. The molecule has 6 heteroatoms. The first-order valence-corrected chi connectivity index (χ1v) is 30.6. The highest BCUT2D eigenvalue weighted by molar-refractivity contribution is 5.71. The van der Waals surface area contributed by atoms with Crippen LogP contribution in [0.25, 0.3) is 0 Å². The maximum atomic E-state index is 12.9. The van der Waals surface area contributed by atoms with Crippen LogP contribution in [0.5, 0.6) is 0 Å². The fraction of sp³-hybridized carbons (Fsp3) is 0.828. The van der Waals surface area contributed by atoms with Crippen LogP contribution in [-0.2, 0) is 28.6 Å². The third-order valence-electron chi connectivity index (χ3n) is 13.5. The monoisotopic (exact) mass is 981 g/mol. The number of allylic oxidation sites excluding steroid dienone is 8. The number of carbonyl (C=O) groups excluding carboxylic acids is 3. The highest BCUT2D eigenvalue weighted by Gasteiger charge is 2.19. The van der Waals surface area contributed by atoms with E-state index in [0.717, 1.165) is 89.9 Å². The normalized spacial score (nSPS) is 12.3. The summed E-state index contributed by atoms with van der Waals surface area (Å²) in [6.07, 6.45) is 72.5. The molecule has 408 valence electrons. The van der Waals surface area contributed by atoms with Crippen molar-refractivity contribution >= 4 is 17.9 Å². The number of ether oxygens (including phenoxy) is 3. The van der Waals surface area contributed by atoms with E-state index in [1.54, 1.807) is 0 Å². The van der Waals surface area contributed by atoms with E-state index in [1.165, 1.54) is 193 Å². The molecule has 1 unspecified atom stereocenters. The van der Waals surface area contributed by atoms with Gasteiger partial charge in [0, 0.05) is 19.3 Å². The van der Waals surface area contributed by atoms with Gasteiger partial charge in [-0.2, -0.15) is 0 Å². The molecule has 1 atom stereocenters. The van der Waals surface area contributed by atoms with Crippen molar-refractivity contribution in [1.82, 2.24) is 0 Å². The molecule has 0 aromatic carbocycles. The van der Waals surface area contributed by atoms with Crippen molar-refractivity contribution in [2.45, 2.75) is 329 Å². The summed E-state index contributed by atoms with van der Waals surface area (Å²) in [6.45, 7) is 6.61. The number of hydrogen-bond donors (Lipinski definition) is 0. The molecule has 0 saturated carbocycles. The molecule has 0 N–H and O–H groups in total. The van der Waals surface area contributed by atoms with Gasteiger partial charge >= 0.3 is 17.9 Å². The van der Waals surface area contributed by atoms with Gasteiger partial charge < -0.3 is 14.2 Å². The Morgan fingerprint density at radius 3 is 0.843 bits per heavy atom. The zero-order valence-electron chi connectivity index (χ0n) is 46.8. The Morgan fingerprint density at radius 1 is 0.286 bits per heavy atom. The van der Waals surface area contributed by atoms with E-state index < -0.39 is 6.10 Å². The summed E-state index contributed by atoms with van der Waals surface area (Å²) >= 11 is 0. The van der Waals surface area contributed by atoms with E-state index in [9.17, 15) is 14.4 Å². The second kappa shape index (κ2) is 58.9. The Labute approximate surface area is 435 Å². The number of carbonyl (C=O) groups is 3. The topological polar surface area (TPSA) is 78.9 Å². The molecule has 0 saturated heterocycles. The molecule has 0 bridgehead atoms. The number of unbranched alkanes of at least 4 members (excludes halogenated alkanes) is 37. The lowest BCUT2D eigenvalue weighted by Gasteiger charge is -2.18. The van der Waals surface area contributed by atoms with Crippen molar-refractivity contribution in [2.24, 2.45) is 0 Å². The molecule has 0 fully saturated rings. The summed E-state index contributed by atoms with van der Waals surface area (Å²) in [5.41, 5.74) is 0. The predicted molar refractivity (Wildman–Crippen MR) is 302 cm³/mol. The number of hydrogen-bond acceptors (Lipinski definition) is 6. The third kappa shape index (κ3) is 56.3. The number of esters is 3. The summed E-state index contributed by atoms with van der Waals surface area (Å²) in [7, 11) is 0. The van der Waals surface area contributed by atoms with Gasteiger partial charge in [-0.15, -0.1) is 0 Å². The smallest absolute Gasteiger partial charge is 0.306 e. The van der Waals surface area contributed by atoms with Gasteiger partial charge in [0.15, 0.2) is 6.10 Å². The van der Waals surface area contributed by atoms with Crippen LogP contribution in [-0.4, -0.2) is 37.2 Å². The van der Waals surface area contributed by atoms with Crippen molar-refractivity contribution in [3.05, 3.63) is 48.6 Å². The molecule has 6 nitrogen and oxygen atoms in total. The minimum Gasteiger partial charge on any atom is -0.462 e. The fourth-order valence-electron chi connectivity index (χ4n) is 8.86. The molecule has 0 aromatic heterocycles. The lowest BCUT2D eigenvalue weighted by molar-refractivity contribution is -0.167. The second-order valence-electron chi connectivity index (χ2n) is 20.6. The molecule has 0 heterocycles. The largest absolute Gasteiger partial charge is 0.462 e. The lowest BCUT2D eigenvalue weighted by atomic mass is 10.0. The van der Waals surface area contributed by atoms with Crippen LogP contribution in [0.1, 0.15) is 323 Å². The summed E-state index contributed by atoms with van der Waals surface area (Å²) in [5, 5.41) is 0. The molecule has 0 aliphatic carbocycles. The summed E-state index contributed by atoms with van der Waals surface area (Å²) in [4.78, 5) is 38.2. The van der Waals surface area contributed by atoms with E-state index in [1.807, 2.05) is 0 Å². The maximum Gasteiger partial charge on any atom is 0.306 e. The standard InChI is InChI=1S/C64H116O6/c1-4-7-10-13-16-19-22-25-28-29-30-31-32-33-34-35-37-39-42-45-48-51-54-57-63(66)69-60-61(59-68-62(65)56-53-50-47-44-41-38-27-24-21-18-15-12-9-6-3)70-64(67)58-55-52-49-46-43-40-36-26-23-20-17-14-11-8-5-2/h15,18,24,26-27,29-30,36,61H,4-14,16-17,19-23,25,28,31-35,37-60H2,1-3H3/b18-15-,27-24-,30-29-,36-26-. The zero-order chi connectivity index (χ0) is 50.7. The van der Waals surface area contributed by atoms with Crippen molar-refractivity contribution in [1.29, 1.82) is 0 Å². The third-order valence-corrected chi connectivity index (χ3v) is 13.5. The Bertz CT molecular complexity index is 1220. The minimum atomic E-state index is -0.783. The van der Waals surface area contributed by atoms with Gasteiger partial charge in [0.2, 0.25) is 0 Å². The molecule has 70 heavy (non-hydrogen) atoms. The van der Waals surface area contributed by atoms with Crippen LogP contribution in [0, 0.1) is 0 Å². The average molecular weight is 982 g/mol. The highest BCUT2D eigenvalue weighted by atomic mass is 16.6. The van der Waals surface area contributed by atoms with Crippen LogP contribution < -0.4 is 0 Å². The van der Waals surface area contributed by atoms with E-state index in [2.05, 4.69) is 69.4 Å². The SMILES string of the molecule is CCCC/C=C\C/C=C\CCCCCCCC(=O)OCC(COC(=O)CCCCCCCCCCCCC/C=C\CCCCCCCCCC)OC(=O)CCCCCCC/C=C\CCCCCCCC. The van der Waals surface area contributed by atoms with Crippen molar-refractivity contribution in [2.75, 3.05) is 13.2 Å². The predicted octanol–water partition coefficient (Wildman–Crippen LogP) is 20.6. The summed E-state index contributed by atoms with van der Waals surface area (Å²) < 4.78 is 16.9. The summed E-state index contributed by atoms with van der Waals surface area (Å²) in [5.74, 6) is -0.888. The van der Waals surface area contributed by atoms with Gasteiger partial charge in [-0.1, -0.05) is 256 Å². The first-order valence-electron chi connectivity index (χ1n) is 30.6. The number of rotatable bonds is 56. The second-order valence-corrected chi connectivity index (χ2v) is 20.6. The lowest BCUT2D eigenvalue weighted by Crippen LogP contribution is -2.30. The van der Waals surface area contributed by atoms with Gasteiger partial charge in [0.1, 0.15) is 13.2 Å². The molecular formula is C64H116O6. The van der Waals surface area contributed by atoms with Crippen molar-refractivity contribution in [3.8, 4) is 0 Å². The first-order chi connectivity index (χ1) is 34.5. The van der Waals surface area contributed by atoms with Gasteiger partial charge in [-0.3, -0.25) is 14.4 Å². The van der Waals surface area contributed by atoms with Gasteiger partial charge in [0.05, 0.1) is 0 Å². The van der Waals surface area contributed by atoms with Crippen LogP contribution >= 0.6 is 0 Å². The molecule has 0 rings (SSSR count). The Hall–Kier alpha value is -2.63. The van der Waals surface area contributed by atoms with E-state index >= 15 is 0 Å². The molecule has 0 radical (unpaired) electrons. The average Bonchev–Trinajstić information content (AvgIpc) is 3.36. The molecule has 0 aliphatic rings. The van der Waals surface area contributed by atoms with E-state index in [4.69, 9.17) is 14.2 Å². The van der Waals surface area contributed by atoms with E-state index in [0.29, 0.717) is 19.3 Å². The molecule has 0 aliphatic heterocycles. The van der Waals surface area contributed by atoms with Crippen molar-refractivity contribution in [3.63, 3.8) is 0 Å². The van der Waals surface area contributed by atoms with Crippen LogP contribution in [0.4, 0.5) is 0 Å². The van der Waals surface area contributed by atoms with Crippen LogP contribution in [0.2, 0.25) is 0 Å². The highest BCUT2D eigenvalue weighted by Crippen LogP contribution is 2.16. The van der Waals surface area contributed by atoms with Crippen LogP contribution in [0.3, 0.4) is 0 Å². The summed E-state index contributed by atoms with van der Waals surface area (Å²) in [6, 6.07) is 0. The molecule has 0 amide bonds. The Morgan fingerprint density at radius 2 is 0.529 bits per heavy atom. The van der Waals surface area contributed by atoms with Gasteiger partial charge in [-0.25, -0.2) is 0 Å². The maximum absolute atomic E-state index is 12.9. The van der Waals surface area contributed by atoms with Crippen molar-refractivity contribution < 1.29 is 28.6 Å². The quantitative estimate of drug-likeness (QED) is 0.0261. The Balaban J connectivity index is 4.30. The van der Waals surface area contributed by atoms with Gasteiger partial charge in [-0.05, 0) is 96.3 Å². The van der Waals surface area contributed by atoms with Crippen LogP contribution in [0.15, 0.2) is 48.6 Å². The zero-order valence-corrected chi connectivity index (χ0v) is 46.8. The molecule has 0 spiro atoms.